The van der Waals surface area contributed by atoms with Gasteiger partial charge in [-0.3, -0.25) is 0 Å². The number of hydrogen-bond acceptors (Lipinski definition) is 3. The average Bonchev–Trinajstić information content (AvgIpc) is 3.16. The van der Waals surface area contributed by atoms with Crippen LogP contribution in [0.25, 0.3) is 0 Å². The van der Waals surface area contributed by atoms with Gasteiger partial charge in [0.25, 0.3) is 0 Å². The zero-order valence-electron chi connectivity index (χ0n) is 17.7. The summed E-state index contributed by atoms with van der Waals surface area (Å²) in [6, 6.07) is 8.00. The molecule has 0 spiro atoms. The van der Waals surface area contributed by atoms with Crippen molar-refractivity contribution in [2.75, 3.05) is 20.6 Å². The van der Waals surface area contributed by atoms with Gasteiger partial charge in [0.15, 0.2) is 0 Å². The number of rotatable bonds is 9. The summed E-state index contributed by atoms with van der Waals surface area (Å²) >= 11 is 0. The Morgan fingerprint density at radius 3 is 2.61 bits per heavy atom. The lowest BCUT2D eigenvalue weighted by molar-refractivity contribution is 0.140. The summed E-state index contributed by atoms with van der Waals surface area (Å²) < 4.78 is 0. The van der Waals surface area contributed by atoms with Crippen molar-refractivity contribution in [2.45, 2.75) is 57.7 Å². The molecule has 5 atom stereocenters. The molecule has 3 nitrogen and oxygen atoms in total. The fraction of sp³-hybridized carbons (Fsp3) is 0.600. The Hall–Kier alpha value is -1.42. The smallest absolute Gasteiger partial charge is 0.0971 e. The summed E-state index contributed by atoms with van der Waals surface area (Å²) in [6.45, 7) is 3.22. The second-order valence-electron chi connectivity index (χ2n) is 9.09. The van der Waals surface area contributed by atoms with E-state index in [1.165, 1.54) is 37.8 Å². The fourth-order valence-electron chi connectivity index (χ4n) is 4.86. The van der Waals surface area contributed by atoms with Crippen molar-refractivity contribution < 1.29 is 10.2 Å². The van der Waals surface area contributed by atoms with Crippen molar-refractivity contribution in [1.82, 2.24) is 4.90 Å². The maximum atomic E-state index is 10.5. The van der Waals surface area contributed by atoms with Crippen LogP contribution in [0.5, 0.6) is 0 Å². The van der Waals surface area contributed by atoms with E-state index in [9.17, 15) is 10.2 Å². The largest absolute Gasteiger partial charge is 0.392 e. The van der Waals surface area contributed by atoms with Gasteiger partial charge in [0.1, 0.15) is 0 Å². The standard InChI is InChI=1S/C25H37NO2/c1-18-8-10-20(11-9-18)24(27)13-12-22-23-16-19(15-21(23)17-25(22)28)7-5-4-6-14-26(2)3/h8-13,15,21-25,27-28H,4-7,14,16-17H2,1-3H3/t21-,22+,23-,24-,25+/m0/s1. The van der Waals surface area contributed by atoms with Crippen molar-refractivity contribution in [3.63, 3.8) is 0 Å². The van der Waals surface area contributed by atoms with Crippen molar-refractivity contribution in [1.29, 1.82) is 0 Å². The van der Waals surface area contributed by atoms with Crippen LogP contribution in [0.3, 0.4) is 0 Å². The molecule has 0 aromatic heterocycles. The number of aliphatic hydroxyl groups is 2. The second-order valence-corrected chi connectivity index (χ2v) is 9.09. The molecule has 2 aliphatic rings. The molecular formula is C25H37NO2. The summed E-state index contributed by atoms with van der Waals surface area (Å²) in [5.41, 5.74) is 3.69. The monoisotopic (exact) mass is 383 g/mol. The minimum absolute atomic E-state index is 0.160. The van der Waals surface area contributed by atoms with E-state index in [4.69, 9.17) is 0 Å². The van der Waals surface area contributed by atoms with Gasteiger partial charge in [-0.25, -0.2) is 0 Å². The molecule has 0 bridgehead atoms. The van der Waals surface area contributed by atoms with E-state index in [2.05, 4.69) is 31.1 Å². The molecule has 0 amide bonds. The first-order chi connectivity index (χ1) is 13.4. The van der Waals surface area contributed by atoms with Gasteiger partial charge in [0.2, 0.25) is 0 Å². The third-order valence-corrected chi connectivity index (χ3v) is 6.49. The average molecular weight is 384 g/mol. The molecule has 0 aliphatic heterocycles. The molecule has 1 saturated carbocycles. The van der Waals surface area contributed by atoms with Crippen LogP contribution in [0.2, 0.25) is 0 Å². The van der Waals surface area contributed by atoms with Gasteiger partial charge in [-0.05, 0) is 77.1 Å². The van der Waals surface area contributed by atoms with Crippen LogP contribution < -0.4 is 0 Å². The van der Waals surface area contributed by atoms with Crippen LogP contribution in [0.15, 0.2) is 48.1 Å². The second kappa shape index (κ2) is 9.87. The third-order valence-electron chi connectivity index (χ3n) is 6.49. The van der Waals surface area contributed by atoms with Crippen molar-refractivity contribution in [2.24, 2.45) is 17.8 Å². The van der Waals surface area contributed by atoms with Crippen LogP contribution in [0.4, 0.5) is 0 Å². The molecule has 1 aromatic rings. The first kappa shape index (κ1) is 21.3. The number of unbranched alkanes of at least 4 members (excludes halogenated alkanes) is 2. The van der Waals surface area contributed by atoms with E-state index < -0.39 is 6.10 Å². The van der Waals surface area contributed by atoms with E-state index in [0.29, 0.717) is 11.8 Å². The molecular weight excluding hydrogens is 346 g/mol. The van der Waals surface area contributed by atoms with Gasteiger partial charge in [-0.2, -0.15) is 0 Å². The first-order valence-electron chi connectivity index (χ1n) is 10.9. The SMILES string of the molecule is Cc1ccc([C@@H](O)C=C[C@@H]2[C@H]3CC(CCCCCN(C)C)=C[C@H]3C[C@H]2O)cc1. The lowest BCUT2D eigenvalue weighted by atomic mass is 9.88. The minimum Gasteiger partial charge on any atom is -0.392 e. The molecule has 0 unspecified atom stereocenters. The number of nitrogens with zero attached hydrogens (tertiary/aromatic N) is 1. The number of aryl methyl sites for hydroxylation is 1. The Labute approximate surface area is 170 Å². The maximum Gasteiger partial charge on any atom is 0.0971 e. The van der Waals surface area contributed by atoms with Crippen LogP contribution >= 0.6 is 0 Å². The summed E-state index contributed by atoms with van der Waals surface area (Å²) in [7, 11) is 4.27. The van der Waals surface area contributed by atoms with Gasteiger partial charge < -0.3 is 15.1 Å². The lowest BCUT2D eigenvalue weighted by Gasteiger charge is -2.19. The summed E-state index contributed by atoms with van der Waals surface area (Å²) in [4.78, 5) is 2.25. The van der Waals surface area contributed by atoms with E-state index in [-0.39, 0.29) is 12.0 Å². The first-order valence-corrected chi connectivity index (χ1v) is 10.9. The minimum atomic E-state index is -0.600. The maximum absolute atomic E-state index is 10.5. The predicted molar refractivity (Wildman–Crippen MR) is 116 cm³/mol. The topological polar surface area (TPSA) is 43.7 Å². The van der Waals surface area contributed by atoms with Gasteiger partial charge in [0.05, 0.1) is 12.2 Å². The third kappa shape index (κ3) is 5.56. The highest BCUT2D eigenvalue weighted by molar-refractivity contribution is 5.26. The molecule has 0 saturated heterocycles. The zero-order chi connectivity index (χ0) is 20.1. The normalized spacial score (nSPS) is 28.1. The predicted octanol–water partition coefficient (Wildman–Crippen LogP) is 4.65. The lowest BCUT2D eigenvalue weighted by Crippen LogP contribution is -2.17. The zero-order valence-corrected chi connectivity index (χ0v) is 17.7. The Balaban J connectivity index is 1.50. The van der Waals surface area contributed by atoms with Gasteiger partial charge >= 0.3 is 0 Å². The quantitative estimate of drug-likeness (QED) is 0.482. The Morgan fingerprint density at radius 1 is 1.14 bits per heavy atom. The number of benzene rings is 1. The number of allylic oxidation sites excluding steroid dienone is 2. The van der Waals surface area contributed by atoms with E-state index >= 15 is 0 Å². The molecule has 154 valence electrons. The molecule has 3 heteroatoms. The van der Waals surface area contributed by atoms with Crippen LogP contribution in [0, 0.1) is 24.7 Å². The Bertz CT molecular complexity index is 676. The summed E-state index contributed by atoms with van der Waals surface area (Å²) in [5, 5.41) is 21.0. The van der Waals surface area contributed by atoms with Crippen molar-refractivity contribution >= 4 is 0 Å². The van der Waals surface area contributed by atoms with E-state index in [1.54, 1.807) is 5.57 Å². The van der Waals surface area contributed by atoms with Gasteiger partial charge in [-0.15, -0.1) is 0 Å². The highest BCUT2D eigenvalue weighted by Crippen LogP contribution is 2.48. The molecule has 2 aliphatic carbocycles. The molecule has 1 aromatic carbocycles. The van der Waals surface area contributed by atoms with Crippen molar-refractivity contribution in [3.05, 3.63) is 59.2 Å². The van der Waals surface area contributed by atoms with Crippen molar-refractivity contribution in [3.8, 4) is 0 Å². The summed E-state index contributed by atoms with van der Waals surface area (Å²) in [6.07, 6.45) is 12.5. The van der Waals surface area contributed by atoms with Gasteiger partial charge in [-0.1, -0.05) is 60.1 Å². The van der Waals surface area contributed by atoms with E-state index in [1.807, 2.05) is 37.3 Å². The molecule has 28 heavy (non-hydrogen) atoms. The van der Waals surface area contributed by atoms with Gasteiger partial charge in [0, 0.05) is 5.92 Å². The molecule has 2 N–H and O–H groups in total. The van der Waals surface area contributed by atoms with Crippen LogP contribution in [-0.2, 0) is 0 Å². The Morgan fingerprint density at radius 2 is 1.89 bits per heavy atom. The Kier molecular flexibility index (Phi) is 7.50. The summed E-state index contributed by atoms with van der Waals surface area (Å²) in [5.74, 6) is 1.18. The number of fused-ring (bicyclic) bond motifs is 1. The fourth-order valence-corrected chi connectivity index (χ4v) is 4.86. The van der Waals surface area contributed by atoms with Crippen LogP contribution in [-0.4, -0.2) is 41.9 Å². The highest BCUT2D eigenvalue weighted by atomic mass is 16.3. The highest BCUT2D eigenvalue weighted by Gasteiger charge is 2.43. The van der Waals surface area contributed by atoms with Crippen LogP contribution in [0.1, 0.15) is 55.8 Å². The number of hydrogen-bond donors (Lipinski definition) is 2. The molecule has 1 fully saturated rings. The molecule has 0 radical (unpaired) electrons. The number of aliphatic hydroxyl groups excluding tert-OH is 2. The molecule has 0 heterocycles. The van der Waals surface area contributed by atoms with E-state index in [0.717, 1.165) is 18.4 Å². The molecule has 3 rings (SSSR count).